The Hall–Kier alpha value is -0.280. The predicted octanol–water partition coefficient (Wildman–Crippen LogP) is 2.74. The van der Waals surface area contributed by atoms with Crippen molar-refractivity contribution in [3.8, 4) is 0 Å². The monoisotopic (exact) mass is 243 g/mol. The van der Waals surface area contributed by atoms with Gasteiger partial charge in [0.05, 0.1) is 0 Å². The number of nitrogens with two attached hydrogens (primary N) is 1. The first-order valence-corrected chi connectivity index (χ1v) is 5.32. The Kier molecular flexibility index (Phi) is 2.04. The largest absolute Gasteiger partial charge is 0.454 e. The molecule has 0 spiro atoms. The average molecular weight is 244 g/mol. The molecular formula is C10H14BrNO. The molecule has 1 aromatic heterocycles. The molecule has 0 radical (unpaired) electrons. The van der Waals surface area contributed by atoms with Crippen molar-refractivity contribution in [1.29, 1.82) is 0 Å². The molecule has 1 aliphatic carbocycles. The topological polar surface area (TPSA) is 39.2 Å². The van der Waals surface area contributed by atoms with E-state index in [1.54, 1.807) is 0 Å². The summed E-state index contributed by atoms with van der Waals surface area (Å²) in [7, 11) is 0. The zero-order chi connectivity index (χ0) is 9.64. The maximum atomic E-state index is 5.69. The molecule has 72 valence electrons. The fraction of sp³-hybridized carbons (Fsp3) is 0.600. The van der Waals surface area contributed by atoms with Crippen molar-refractivity contribution < 1.29 is 4.42 Å². The first kappa shape index (κ1) is 9.28. The molecule has 0 saturated heterocycles. The SMILES string of the molecule is CC1(C)[C@@H](CN)[C@@H]1c1ccc(Br)o1. The van der Waals surface area contributed by atoms with Gasteiger partial charge in [0.15, 0.2) is 4.67 Å². The first-order valence-electron chi connectivity index (χ1n) is 4.52. The van der Waals surface area contributed by atoms with Crippen LogP contribution in [0.3, 0.4) is 0 Å². The standard InChI is InChI=1S/C10H14BrNO/c1-10(2)6(5-12)9(10)7-3-4-8(11)13-7/h3-4,6,9H,5,12H2,1-2H3/t6-,9+/m0/s1. The highest BCUT2D eigenvalue weighted by molar-refractivity contribution is 9.10. The first-order chi connectivity index (χ1) is 6.07. The van der Waals surface area contributed by atoms with Gasteiger partial charge in [0.2, 0.25) is 0 Å². The van der Waals surface area contributed by atoms with Crippen molar-refractivity contribution in [3.05, 3.63) is 22.6 Å². The van der Waals surface area contributed by atoms with Crippen LogP contribution in [0, 0.1) is 11.3 Å². The third-order valence-electron chi connectivity index (χ3n) is 3.20. The third-order valence-corrected chi connectivity index (χ3v) is 3.63. The summed E-state index contributed by atoms with van der Waals surface area (Å²) in [5, 5.41) is 0. The lowest BCUT2D eigenvalue weighted by atomic mass is 10.1. The van der Waals surface area contributed by atoms with Crippen LogP contribution < -0.4 is 5.73 Å². The quantitative estimate of drug-likeness (QED) is 0.868. The molecule has 0 unspecified atom stereocenters. The second-order valence-electron chi connectivity index (χ2n) is 4.28. The lowest BCUT2D eigenvalue weighted by molar-refractivity contribution is 0.465. The molecule has 0 bridgehead atoms. The minimum atomic E-state index is 0.312. The summed E-state index contributed by atoms with van der Waals surface area (Å²) >= 11 is 3.31. The van der Waals surface area contributed by atoms with Crippen LogP contribution in [0.5, 0.6) is 0 Å². The summed E-state index contributed by atoms with van der Waals surface area (Å²) in [5.41, 5.74) is 6.00. The maximum absolute atomic E-state index is 5.69. The van der Waals surface area contributed by atoms with Crippen molar-refractivity contribution in [2.45, 2.75) is 19.8 Å². The fourth-order valence-electron chi connectivity index (χ4n) is 2.24. The van der Waals surface area contributed by atoms with E-state index >= 15 is 0 Å². The zero-order valence-corrected chi connectivity index (χ0v) is 9.47. The van der Waals surface area contributed by atoms with Gasteiger partial charge in [0.25, 0.3) is 0 Å². The molecule has 1 fully saturated rings. The Morgan fingerprint density at radius 1 is 1.54 bits per heavy atom. The van der Waals surface area contributed by atoms with Crippen LogP contribution in [0.1, 0.15) is 25.5 Å². The maximum Gasteiger partial charge on any atom is 0.169 e. The van der Waals surface area contributed by atoms with E-state index in [1.165, 1.54) is 0 Å². The Labute approximate surface area is 86.6 Å². The average Bonchev–Trinajstić information content (AvgIpc) is 2.41. The molecule has 0 amide bonds. The molecule has 1 heterocycles. The summed E-state index contributed by atoms with van der Waals surface area (Å²) < 4.78 is 6.34. The van der Waals surface area contributed by atoms with Gasteiger partial charge in [-0.15, -0.1) is 0 Å². The Morgan fingerprint density at radius 2 is 2.23 bits per heavy atom. The Bertz CT molecular complexity index is 318. The molecule has 2 atom stereocenters. The molecule has 1 aliphatic rings. The van der Waals surface area contributed by atoms with Gasteiger partial charge < -0.3 is 10.2 Å². The van der Waals surface area contributed by atoms with E-state index in [-0.39, 0.29) is 0 Å². The Balaban J connectivity index is 2.21. The van der Waals surface area contributed by atoms with Crippen LogP contribution in [0.25, 0.3) is 0 Å². The minimum Gasteiger partial charge on any atom is -0.454 e. The number of halogens is 1. The molecule has 1 aromatic rings. The summed E-state index contributed by atoms with van der Waals surface area (Å²) in [6.45, 7) is 5.23. The number of rotatable bonds is 2. The zero-order valence-electron chi connectivity index (χ0n) is 7.88. The van der Waals surface area contributed by atoms with Gasteiger partial charge in [-0.25, -0.2) is 0 Å². The van der Waals surface area contributed by atoms with Gasteiger partial charge in [-0.05, 0) is 45.9 Å². The van der Waals surface area contributed by atoms with Crippen LogP contribution in [-0.2, 0) is 0 Å². The van der Waals surface area contributed by atoms with Crippen LogP contribution in [0.15, 0.2) is 21.2 Å². The summed E-state index contributed by atoms with van der Waals surface area (Å²) in [4.78, 5) is 0. The molecule has 2 rings (SSSR count). The van der Waals surface area contributed by atoms with Crippen molar-refractivity contribution in [2.24, 2.45) is 17.1 Å². The van der Waals surface area contributed by atoms with Crippen molar-refractivity contribution in [3.63, 3.8) is 0 Å². The molecule has 2 N–H and O–H groups in total. The van der Waals surface area contributed by atoms with Gasteiger partial charge in [-0.1, -0.05) is 13.8 Å². The summed E-state index contributed by atoms with van der Waals surface area (Å²) in [5.74, 6) is 2.14. The predicted molar refractivity (Wildman–Crippen MR) is 55.5 cm³/mol. The summed E-state index contributed by atoms with van der Waals surface area (Å²) in [6.07, 6.45) is 0. The van der Waals surface area contributed by atoms with Gasteiger partial charge in [-0.2, -0.15) is 0 Å². The van der Waals surface area contributed by atoms with Gasteiger partial charge in [0, 0.05) is 5.92 Å². The van der Waals surface area contributed by atoms with Crippen molar-refractivity contribution in [1.82, 2.24) is 0 Å². The minimum absolute atomic E-state index is 0.312. The highest BCUT2D eigenvalue weighted by Gasteiger charge is 2.58. The van der Waals surface area contributed by atoms with E-state index in [0.29, 0.717) is 17.3 Å². The van der Waals surface area contributed by atoms with Crippen LogP contribution in [0.4, 0.5) is 0 Å². The molecule has 0 aliphatic heterocycles. The van der Waals surface area contributed by atoms with E-state index in [0.717, 1.165) is 17.0 Å². The second kappa shape index (κ2) is 2.85. The highest BCUT2D eigenvalue weighted by atomic mass is 79.9. The second-order valence-corrected chi connectivity index (χ2v) is 5.06. The van der Waals surface area contributed by atoms with Gasteiger partial charge in [0.1, 0.15) is 5.76 Å². The lowest BCUT2D eigenvalue weighted by Crippen LogP contribution is -2.05. The third kappa shape index (κ3) is 1.34. The molecule has 13 heavy (non-hydrogen) atoms. The highest BCUT2D eigenvalue weighted by Crippen LogP contribution is 2.64. The normalized spacial score (nSPS) is 30.5. The van der Waals surface area contributed by atoms with Crippen molar-refractivity contribution >= 4 is 15.9 Å². The summed E-state index contributed by atoms with van der Waals surface area (Å²) in [6, 6.07) is 3.98. The van der Waals surface area contributed by atoms with Crippen LogP contribution in [-0.4, -0.2) is 6.54 Å². The van der Waals surface area contributed by atoms with E-state index < -0.39 is 0 Å². The lowest BCUT2D eigenvalue weighted by Gasteiger charge is -1.98. The van der Waals surface area contributed by atoms with Crippen molar-refractivity contribution in [2.75, 3.05) is 6.54 Å². The fourth-order valence-corrected chi connectivity index (χ4v) is 2.56. The molecule has 1 saturated carbocycles. The van der Waals surface area contributed by atoms with E-state index in [1.807, 2.05) is 12.1 Å². The smallest absolute Gasteiger partial charge is 0.169 e. The van der Waals surface area contributed by atoms with Gasteiger partial charge >= 0.3 is 0 Å². The van der Waals surface area contributed by atoms with Crippen LogP contribution in [0.2, 0.25) is 0 Å². The van der Waals surface area contributed by atoms with Gasteiger partial charge in [-0.3, -0.25) is 0 Å². The number of furan rings is 1. The molecule has 0 aromatic carbocycles. The Morgan fingerprint density at radius 3 is 2.62 bits per heavy atom. The molecule has 3 heteroatoms. The number of hydrogen-bond acceptors (Lipinski definition) is 2. The van der Waals surface area contributed by atoms with E-state index in [2.05, 4.69) is 29.8 Å². The number of hydrogen-bond donors (Lipinski definition) is 1. The van der Waals surface area contributed by atoms with Crippen LogP contribution >= 0.6 is 15.9 Å². The molecular weight excluding hydrogens is 230 g/mol. The van der Waals surface area contributed by atoms with E-state index in [4.69, 9.17) is 10.2 Å². The molecule has 2 nitrogen and oxygen atoms in total. The van der Waals surface area contributed by atoms with E-state index in [9.17, 15) is 0 Å².